The predicted octanol–water partition coefficient (Wildman–Crippen LogP) is 4.21. The van der Waals surface area contributed by atoms with Crippen LogP contribution in [0.1, 0.15) is 17.2 Å². The van der Waals surface area contributed by atoms with E-state index in [2.05, 4.69) is 25.9 Å². The second kappa shape index (κ2) is 5.87. The summed E-state index contributed by atoms with van der Waals surface area (Å²) < 4.78 is 19.5. The molecule has 0 radical (unpaired) electrons. The van der Waals surface area contributed by atoms with Crippen molar-refractivity contribution in [1.82, 2.24) is 9.97 Å². The van der Waals surface area contributed by atoms with Gasteiger partial charge in [0, 0.05) is 27.8 Å². The molecule has 1 aromatic carbocycles. The number of ether oxygens (including phenoxy) is 1. The maximum atomic E-state index is 13.7. The van der Waals surface area contributed by atoms with Gasteiger partial charge in [0.1, 0.15) is 11.8 Å². The van der Waals surface area contributed by atoms with Gasteiger partial charge in [-0.2, -0.15) is 0 Å². The van der Waals surface area contributed by atoms with Crippen LogP contribution in [0, 0.1) is 5.82 Å². The second-order valence-electron chi connectivity index (χ2n) is 4.72. The number of H-pyrrole nitrogens is 1. The predicted molar refractivity (Wildman–Crippen MR) is 85.8 cm³/mol. The van der Waals surface area contributed by atoms with E-state index in [1.165, 1.54) is 19.2 Å². The van der Waals surface area contributed by atoms with Gasteiger partial charge in [-0.25, -0.2) is 9.37 Å². The van der Waals surface area contributed by atoms with Crippen LogP contribution in [0.5, 0.6) is 5.75 Å². The molecule has 0 amide bonds. The summed E-state index contributed by atoms with van der Waals surface area (Å²) in [6, 6.07) is 4.66. The number of halogens is 3. The summed E-state index contributed by atoms with van der Waals surface area (Å²) in [5.41, 5.74) is 1.70. The van der Waals surface area contributed by atoms with Gasteiger partial charge in [-0.1, -0.05) is 11.6 Å². The van der Waals surface area contributed by atoms with Crippen LogP contribution in [0.25, 0.3) is 11.0 Å². The zero-order valence-corrected chi connectivity index (χ0v) is 13.7. The summed E-state index contributed by atoms with van der Waals surface area (Å²) in [4.78, 5) is 7.21. The maximum absolute atomic E-state index is 13.7. The van der Waals surface area contributed by atoms with Crippen LogP contribution in [0.2, 0.25) is 5.02 Å². The van der Waals surface area contributed by atoms with Crippen molar-refractivity contribution in [2.45, 2.75) is 6.10 Å². The summed E-state index contributed by atoms with van der Waals surface area (Å²) in [5.74, 6) is -0.663. The molecule has 0 aliphatic heterocycles. The molecule has 0 aliphatic rings. The molecule has 4 nitrogen and oxygen atoms in total. The molecule has 3 rings (SSSR count). The number of hydrogen-bond acceptors (Lipinski definition) is 3. The number of fused-ring (bicyclic) bond motifs is 1. The largest absolute Gasteiger partial charge is 0.494 e. The molecule has 0 aliphatic carbocycles. The maximum Gasteiger partial charge on any atom is 0.183 e. The average Bonchev–Trinajstić information content (AvgIpc) is 2.92. The first-order valence-electron chi connectivity index (χ1n) is 6.34. The first kappa shape index (κ1) is 15.3. The second-order valence-corrected chi connectivity index (χ2v) is 6.04. The lowest BCUT2D eigenvalue weighted by atomic mass is 10.0. The van der Waals surface area contributed by atoms with Crippen molar-refractivity contribution in [2.24, 2.45) is 0 Å². The van der Waals surface area contributed by atoms with E-state index in [1.807, 2.05) is 6.07 Å². The molecular formula is C15H11BrClFN2O2. The minimum atomic E-state index is -0.989. The molecule has 3 aromatic rings. The molecule has 0 saturated heterocycles. The average molecular weight is 386 g/mol. The standard InChI is InChI=1S/C15H11BrClFN2O2/c1-22-12-3-7(2-11(17)13(12)18)14(21)10-6-20-15-9(10)4-8(16)5-19-15/h2-6,14,21H,1H3,(H,19,20). The Balaban J connectivity index is 2.11. The lowest BCUT2D eigenvalue weighted by molar-refractivity contribution is 0.221. The smallest absolute Gasteiger partial charge is 0.183 e. The molecule has 0 bridgehead atoms. The molecule has 2 N–H and O–H groups in total. The fraction of sp³-hybridized carbons (Fsp3) is 0.133. The van der Waals surface area contributed by atoms with Crippen LogP contribution in [-0.2, 0) is 0 Å². The van der Waals surface area contributed by atoms with Crippen LogP contribution < -0.4 is 4.74 Å². The highest BCUT2D eigenvalue weighted by atomic mass is 79.9. The molecule has 1 atom stereocenters. The van der Waals surface area contributed by atoms with Crippen LogP contribution >= 0.6 is 27.5 Å². The zero-order valence-electron chi connectivity index (χ0n) is 11.4. The van der Waals surface area contributed by atoms with Crippen molar-refractivity contribution in [2.75, 3.05) is 7.11 Å². The Labute approximate surface area is 139 Å². The monoisotopic (exact) mass is 384 g/mol. The Hall–Kier alpha value is -1.63. The van der Waals surface area contributed by atoms with E-state index in [9.17, 15) is 9.50 Å². The summed E-state index contributed by atoms with van der Waals surface area (Å²) in [5, 5.41) is 11.3. The van der Waals surface area contributed by atoms with E-state index in [1.54, 1.807) is 12.4 Å². The Bertz CT molecular complexity index is 853. The fourth-order valence-corrected chi connectivity index (χ4v) is 2.84. The summed E-state index contributed by atoms with van der Waals surface area (Å²) in [6.07, 6.45) is 2.34. The minimum absolute atomic E-state index is 0.0132. The number of benzene rings is 1. The van der Waals surface area contributed by atoms with Crippen LogP contribution in [0.15, 0.2) is 35.1 Å². The normalized spacial score (nSPS) is 12.6. The van der Waals surface area contributed by atoms with Crippen molar-refractivity contribution in [3.63, 3.8) is 0 Å². The van der Waals surface area contributed by atoms with Gasteiger partial charge in [-0.3, -0.25) is 0 Å². The Morgan fingerprint density at radius 1 is 1.41 bits per heavy atom. The van der Waals surface area contributed by atoms with Gasteiger partial charge >= 0.3 is 0 Å². The van der Waals surface area contributed by atoms with Crippen molar-refractivity contribution in [3.8, 4) is 5.75 Å². The molecule has 22 heavy (non-hydrogen) atoms. The Kier molecular flexibility index (Phi) is 4.08. The molecule has 0 spiro atoms. The molecular weight excluding hydrogens is 375 g/mol. The topological polar surface area (TPSA) is 58.1 Å². The highest BCUT2D eigenvalue weighted by molar-refractivity contribution is 9.10. The van der Waals surface area contributed by atoms with Crippen molar-refractivity contribution >= 4 is 38.6 Å². The van der Waals surface area contributed by atoms with E-state index in [-0.39, 0.29) is 10.8 Å². The number of nitrogens with one attached hydrogen (secondary N) is 1. The number of rotatable bonds is 3. The van der Waals surface area contributed by atoms with E-state index >= 15 is 0 Å². The van der Waals surface area contributed by atoms with Crippen LogP contribution in [-0.4, -0.2) is 22.2 Å². The van der Waals surface area contributed by atoms with E-state index < -0.39 is 11.9 Å². The van der Waals surface area contributed by atoms with Gasteiger partial charge in [-0.15, -0.1) is 0 Å². The van der Waals surface area contributed by atoms with Crippen molar-refractivity contribution < 1.29 is 14.2 Å². The number of aliphatic hydroxyl groups is 1. The SMILES string of the molecule is COc1cc(C(O)c2c[nH]c3ncc(Br)cc23)cc(Cl)c1F. The Morgan fingerprint density at radius 2 is 2.18 bits per heavy atom. The van der Waals surface area contributed by atoms with Crippen LogP contribution in [0.3, 0.4) is 0 Å². The lowest BCUT2D eigenvalue weighted by Gasteiger charge is -2.13. The third-order valence-electron chi connectivity index (χ3n) is 3.38. The molecule has 0 fully saturated rings. The molecule has 7 heteroatoms. The van der Waals surface area contributed by atoms with E-state index in [0.717, 1.165) is 9.86 Å². The van der Waals surface area contributed by atoms with Gasteiger partial charge in [0.15, 0.2) is 11.6 Å². The van der Waals surface area contributed by atoms with Gasteiger partial charge in [0.05, 0.1) is 12.1 Å². The van der Waals surface area contributed by atoms with Crippen LogP contribution in [0.4, 0.5) is 4.39 Å². The zero-order chi connectivity index (χ0) is 15.9. The molecule has 2 heterocycles. The number of aromatic amines is 1. The summed E-state index contributed by atoms with van der Waals surface area (Å²) in [6.45, 7) is 0. The summed E-state index contributed by atoms with van der Waals surface area (Å²) in [7, 11) is 1.34. The van der Waals surface area contributed by atoms with Gasteiger partial charge in [-0.05, 0) is 39.7 Å². The Morgan fingerprint density at radius 3 is 2.91 bits per heavy atom. The highest BCUT2D eigenvalue weighted by Gasteiger charge is 2.19. The molecule has 1 unspecified atom stereocenters. The molecule has 2 aromatic heterocycles. The van der Waals surface area contributed by atoms with Crippen molar-refractivity contribution in [1.29, 1.82) is 0 Å². The minimum Gasteiger partial charge on any atom is -0.494 e. The third kappa shape index (κ3) is 2.58. The number of methoxy groups -OCH3 is 1. The first-order chi connectivity index (χ1) is 10.5. The van der Waals surface area contributed by atoms with Gasteiger partial charge in [0.25, 0.3) is 0 Å². The number of aliphatic hydroxyl groups excluding tert-OH is 1. The highest BCUT2D eigenvalue weighted by Crippen LogP contribution is 2.34. The lowest BCUT2D eigenvalue weighted by Crippen LogP contribution is -2.01. The number of aromatic nitrogens is 2. The first-order valence-corrected chi connectivity index (χ1v) is 7.52. The quantitative estimate of drug-likeness (QED) is 0.710. The molecule has 114 valence electrons. The third-order valence-corrected chi connectivity index (χ3v) is 4.09. The van der Waals surface area contributed by atoms with E-state index in [0.29, 0.717) is 16.8 Å². The van der Waals surface area contributed by atoms with Gasteiger partial charge in [0.2, 0.25) is 0 Å². The van der Waals surface area contributed by atoms with Gasteiger partial charge < -0.3 is 14.8 Å². The summed E-state index contributed by atoms with van der Waals surface area (Å²) >= 11 is 9.20. The fourth-order valence-electron chi connectivity index (χ4n) is 2.29. The number of nitrogens with zero attached hydrogens (tertiary/aromatic N) is 1. The van der Waals surface area contributed by atoms with Crippen molar-refractivity contribution in [3.05, 3.63) is 57.0 Å². The molecule has 0 saturated carbocycles. The van der Waals surface area contributed by atoms with E-state index in [4.69, 9.17) is 16.3 Å². The number of hydrogen-bond donors (Lipinski definition) is 2. The number of pyridine rings is 1.